The first kappa shape index (κ1) is 25.5. The molecule has 4 heterocycles. The molecule has 3 aromatic heterocycles. The number of aliphatic hydroxyl groups is 1. The highest BCUT2D eigenvalue weighted by Gasteiger charge is 2.45. The van der Waals surface area contributed by atoms with Gasteiger partial charge in [-0.3, -0.25) is 15.1 Å². The van der Waals surface area contributed by atoms with Crippen LogP contribution in [0.4, 0.5) is 15.9 Å². The highest BCUT2D eigenvalue weighted by atomic mass is 32.1. The predicted octanol–water partition coefficient (Wildman–Crippen LogP) is 3.62. The average molecular weight is 534 g/mol. The Morgan fingerprint density at radius 3 is 2.66 bits per heavy atom. The Hall–Kier alpha value is -4.16. The van der Waals surface area contributed by atoms with Crippen molar-refractivity contribution in [1.82, 2.24) is 25.3 Å². The maximum atomic E-state index is 12.1. The number of hydrogen-bond acceptors (Lipinski definition) is 9. The van der Waals surface area contributed by atoms with E-state index in [0.717, 1.165) is 27.1 Å². The third kappa shape index (κ3) is 4.87. The molecule has 1 aliphatic heterocycles. The number of piperidine rings is 1. The minimum Gasteiger partial charge on any atom is -0.481 e. The van der Waals surface area contributed by atoms with Crippen molar-refractivity contribution in [3.63, 3.8) is 0 Å². The number of nitrogens with one attached hydrogen (secondary N) is 2. The van der Waals surface area contributed by atoms with Crippen LogP contribution in [0.3, 0.4) is 0 Å². The second-order valence-electron chi connectivity index (χ2n) is 9.31. The van der Waals surface area contributed by atoms with Crippen LogP contribution in [0, 0.1) is 5.41 Å². The topological polar surface area (TPSA) is 153 Å². The molecule has 1 saturated heterocycles. The number of aliphatic carboxylic acids is 1. The third-order valence-corrected chi connectivity index (χ3v) is 7.68. The van der Waals surface area contributed by atoms with Gasteiger partial charge in [-0.25, -0.2) is 19.7 Å². The molecular formula is C26H27N7O4S. The first-order valence-corrected chi connectivity index (χ1v) is 13.0. The molecule has 0 spiro atoms. The molecule has 11 nitrogen and oxygen atoms in total. The summed E-state index contributed by atoms with van der Waals surface area (Å²) in [4.78, 5) is 43.8. The van der Waals surface area contributed by atoms with E-state index in [0.29, 0.717) is 36.1 Å². The van der Waals surface area contributed by atoms with Crippen molar-refractivity contribution in [3.8, 4) is 22.4 Å². The van der Waals surface area contributed by atoms with Crippen LogP contribution in [0.5, 0.6) is 0 Å². The minimum absolute atomic E-state index is 0.110. The maximum Gasteiger partial charge on any atom is 0.321 e. The van der Waals surface area contributed by atoms with Gasteiger partial charge < -0.3 is 20.4 Å². The van der Waals surface area contributed by atoms with Gasteiger partial charge in [-0.15, -0.1) is 0 Å². The third-order valence-electron chi connectivity index (χ3n) is 6.66. The largest absolute Gasteiger partial charge is 0.481 e. The van der Waals surface area contributed by atoms with Crippen molar-refractivity contribution < 1.29 is 19.8 Å². The van der Waals surface area contributed by atoms with Crippen molar-refractivity contribution in [2.75, 3.05) is 29.9 Å². The van der Waals surface area contributed by atoms with Crippen molar-refractivity contribution >= 4 is 44.6 Å². The van der Waals surface area contributed by atoms with Gasteiger partial charge >= 0.3 is 12.0 Å². The van der Waals surface area contributed by atoms with Gasteiger partial charge in [0.25, 0.3) is 0 Å². The van der Waals surface area contributed by atoms with E-state index in [9.17, 15) is 19.8 Å². The molecule has 1 aromatic carbocycles. The number of hydrogen-bond donors (Lipinski definition) is 4. The number of carboxylic acids is 1. The monoisotopic (exact) mass is 533 g/mol. The van der Waals surface area contributed by atoms with E-state index in [1.165, 1.54) is 18.3 Å². The Kier molecular flexibility index (Phi) is 6.91. The summed E-state index contributed by atoms with van der Waals surface area (Å²) in [6, 6.07) is 9.27. The molecule has 12 heteroatoms. The lowest BCUT2D eigenvalue weighted by atomic mass is 9.79. The Labute approximate surface area is 222 Å². The number of thiazole rings is 1. The second kappa shape index (κ2) is 10.3. The van der Waals surface area contributed by atoms with Crippen molar-refractivity contribution in [2.45, 2.75) is 26.4 Å². The van der Waals surface area contributed by atoms with Crippen LogP contribution >= 0.6 is 11.3 Å². The molecule has 2 amide bonds. The Balaban J connectivity index is 1.49. The zero-order valence-corrected chi connectivity index (χ0v) is 21.7. The lowest BCUT2D eigenvalue weighted by Crippen LogP contribution is -2.54. The highest BCUT2D eigenvalue weighted by Crippen LogP contribution is 2.38. The van der Waals surface area contributed by atoms with Crippen LogP contribution in [-0.2, 0) is 4.79 Å². The van der Waals surface area contributed by atoms with Gasteiger partial charge in [-0.1, -0.05) is 17.4 Å². The van der Waals surface area contributed by atoms with Gasteiger partial charge in [-0.05, 0) is 50.1 Å². The summed E-state index contributed by atoms with van der Waals surface area (Å²) in [5.41, 5.74) is 2.61. The number of carboxylic acid groups (broad SMARTS) is 1. The number of rotatable bonds is 6. The van der Waals surface area contributed by atoms with Crippen LogP contribution in [-0.4, -0.2) is 67.9 Å². The fourth-order valence-electron chi connectivity index (χ4n) is 4.46. The lowest BCUT2D eigenvalue weighted by molar-refractivity contribution is -0.155. The number of benzene rings is 1. The Morgan fingerprint density at radius 2 is 1.97 bits per heavy atom. The lowest BCUT2D eigenvalue weighted by Gasteiger charge is -2.41. The van der Waals surface area contributed by atoms with E-state index in [1.54, 1.807) is 23.5 Å². The van der Waals surface area contributed by atoms with Crippen LogP contribution < -0.4 is 15.5 Å². The van der Waals surface area contributed by atoms with Crippen LogP contribution in [0.2, 0.25) is 0 Å². The van der Waals surface area contributed by atoms with Gasteiger partial charge in [0.1, 0.15) is 5.41 Å². The number of amides is 2. The molecule has 0 saturated carbocycles. The highest BCUT2D eigenvalue weighted by molar-refractivity contribution is 7.22. The van der Waals surface area contributed by atoms with Gasteiger partial charge in [0.05, 0.1) is 22.0 Å². The van der Waals surface area contributed by atoms with Crippen molar-refractivity contribution in [1.29, 1.82) is 0 Å². The second-order valence-corrected chi connectivity index (χ2v) is 10.3. The molecular weight excluding hydrogens is 506 g/mol. The number of carbonyl (C=O) groups excluding carboxylic acids is 1. The van der Waals surface area contributed by atoms with Crippen LogP contribution in [0.25, 0.3) is 32.6 Å². The number of anilines is 2. The van der Waals surface area contributed by atoms with Gasteiger partial charge in [-0.2, -0.15) is 0 Å². The standard InChI is InChI=1S/C26H27N7O4S/c1-3-27-24(37)32-25-31-19-11-15(10-17(21(19)38-25)18-6-4-5-8-28-18)16-12-29-23(30-13-16)33-9-7-20(34)26(2,14-33)22(35)36/h4-6,8,10-13,20,34H,3,7,9,14H2,1-2H3,(H,35,36)(H2,27,31,32,37). The summed E-state index contributed by atoms with van der Waals surface area (Å²) in [7, 11) is 0. The zero-order valence-electron chi connectivity index (χ0n) is 20.9. The van der Waals surface area contributed by atoms with Crippen LogP contribution in [0.15, 0.2) is 48.9 Å². The normalized spacial score (nSPS) is 19.3. The number of pyridine rings is 1. The van der Waals surface area contributed by atoms with E-state index in [1.807, 2.05) is 37.3 Å². The number of nitrogens with zero attached hydrogens (tertiary/aromatic N) is 5. The Morgan fingerprint density at radius 1 is 1.18 bits per heavy atom. The maximum absolute atomic E-state index is 12.1. The molecule has 0 bridgehead atoms. The molecule has 0 aliphatic carbocycles. The van der Waals surface area contributed by atoms with E-state index in [-0.39, 0.29) is 12.6 Å². The van der Waals surface area contributed by atoms with Gasteiger partial charge in [0.15, 0.2) is 5.13 Å². The summed E-state index contributed by atoms with van der Waals surface area (Å²) >= 11 is 1.37. The Bertz CT molecular complexity index is 1480. The van der Waals surface area contributed by atoms with E-state index < -0.39 is 17.5 Å². The SMILES string of the molecule is CCNC(=O)Nc1nc2cc(-c3cnc(N4CCC(O)C(C)(C(=O)O)C4)nc3)cc(-c3ccccn3)c2s1. The van der Waals surface area contributed by atoms with E-state index >= 15 is 0 Å². The molecule has 4 aromatic rings. The molecule has 1 aliphatic rings. The first-order valence-electron chi connectivity index (χ1n) is 12.2. The number of carbonyl (C=O) groups is 2. The fraction of sp³-hybridized carbons (Fsp3) is 0.308. The summed E-state index contributed by atoms with van der Waals surface area (Å²) in [5.74, 6) is -0.646. The van der Waals surface area contributed by atoms with Crippen molar-refractivity contribution in [2.24, 2.45) is 5.41 Å². The smallest absolute Gasteiger partial charge is 0.321 e. The minimum atomic E-state index is -1.30. The van der Waals surface area contributed by atoms with E-state index in [2.05, 4.69) is 30.6 Å². The molecule has 196 valence electrons. The summed E-state index contributed by atoms with van der Waals surface area (Å²) < 4.78 is 0.886. The number of aliphatic hydroxyl groups excluding tert-OH is 1. The van der Waals surface area contributed by atoms with Gasteiger partial charge in [0, 0.05) is 49.4 Å². The molecule has 5 rings (SSSR count). The summed E-state index contributed by atoms with van der Waals surface area (Å²) in [6.07, 6.45) is 4.48. The van der Waals surface area contributed by atoms with Gasteiger partial charge in [0.2, 0.25) is 5.95 Å². The fourth-order valence-corrected chi connectivity index (χ4v) is 5.42. The number of urea groups is 1. The average Bonchev–Trinajstić information content (AvgIpc) is 3.32. The zero-order chi connectivity index (χ0) is 26.9. The quantitative estimate of drug-likeness (QED) is 0.291. The number of fused-ring (bicyclic) bond motifs is 1. The molecule has 2 atom stereocenters. The molecule has 0 radical (unpaired) electrons. The van der Waals surface area contributed by atoms with Crippen molar-refractivity contribution in [3.05, 3.63) is 48.9 Å². The molecule has 1 fully saturated rings. The first-order chi connectivity index (χ1) is 18.3. The van der Waals surface area contributed by atoms with E-state index in [4.69, 9.17) is 0 Å². The molecule has 38 heavy (non-hydrogen) atoms. The number of aromatic nitrogens is 4. The summed E-state index contributed by atoms with van der Waals surface area (Å²) in [6.45, 7) is 4.45. The predicted molar refractivity (Wildman–Crippen MR) is 145 cm³/mol. The molecule has 2 unspecified atom stereocenters. The van der Waals surface area contributed by atoms with Crippen LogP contribution in [0.1, 0.15) is 20.3 Å². The summed E-state index contributed by atoms with van der Waals surface area (Å²) in [5, 5.41) is 25.9. The molecule has 4 N–H and O–H groups in total.